The molecule has 0 spiro atoms. The van der Waals surface area contributed by atoms with Gasteiger partial charge in [-0.2, -0.15) is 0 Å². The van der Waals surface area contributed by atoms with Crippen LogP contribution in [0.1, 0.15) is 32.6 Å². The van der Waals surface area contributed by atoms with Crippen molar-refractivity contribution in [1.82, 2.24) is 5.32 Å². The second-order valence-electron chi connectivity index (χ2n) is 3.64. The predicted molar refractivity (Wildman–Crippen MR) is 54.6 cm³/mol. The monoisotopic (exact) mass is 201 g/mol. The van der Waals surface area contributed by atoms with Crippen LogP contribution in [0.2, 0.25) is 0 Å². The van der Waals surface area contributed by atoms with Crippen molar-refractivity contribution in [1.29, 1.82) is 0 Å². The minimum absolute atomic E-state index is 0.137. The first-order chi connectivity index (χ1) is 6.24. The molecule has 0 aromatic carbocycles. The van der Waals surface area contributed by atoms with E-state index >= 15 is 0 Å². The van der Waals surface area contributed by atoms with Crippen LogP contribution in [0.5, 0.6) is 0 Å². The fourth-order valence-electron chi connectivity index (χ4n) is 1.63. The maximum Gasteiger partial charge on any atom is 0.223 e. The molecule has 0 aromatic heterocycles. The van der Waals surface area contributed by atoms with Crippen LogP contribution < -0.4 is 5.32 Å². The third kappa shape index (κ3) is 3.39. The maximum atomic E-state index is 11.5. The van der Waals surface area contributed by atoms with E-state index in [1.165, 1.54) is 0 Å². The molecule has 1 unspecified atom stereocenters. The quantitative estimate of drug-likeness (QED) is 0.731. The van der Waals surface area contributed by atoms with Crippen LogP contribution in [0, 0.1) is 5.92 Å². The van der Waals surface area contributed by atoms with Crippen molar-refractivity contribution in [2.24, 2.45) is 5.92 Å². The van der Waals surface area contributed by atoms with Gasteiger partial charge in [0.15, 0.2) is 0 Å². The highest BCUT2D eigenvalue weighted by Gasteiger charge is 2.20. The number of amides is 1. The van der Waals surface area contributed by atoms with Crippen molar-refractivity contribution >= 4 is 17.5 Å². The predicted octanol–water partition coefficient (Wildman–Crippen LogP) is 2.44. The van der Waals surface area contributed by atoms with Crippen LogP contribution in [0.3, 0.4) is 0 Å². The van der Waals surface area contributed by atoms with Crippen LogP contribution in [0.25, 0.3) is 0 Å². The first-order valence-corrected chi connectivity index (χ1v) is 5.21. The van der Waals surface area contributed by atoms with Crippen molar-refractivity contribution in [2.75, 3.05) is 6.54 Å². The molecule has 0 radical (unpaired) electrons. The molecule has 1 N–H and O–H groups in total. The molecule has 3 heteroatoms. The van der Waals surface area contributed by atoms with Gasteiger partial charge in [0.2, 0.25) is 5.91 Å². The van der Waals surface area contributed by atoms with E-state index in [1.54, 1.807) is 5.54 Å². The molecule has 2 nitrogen and oxygen atoms in total. The zero-order valence-electron chi connectivity index (χ0n) is 7.98. The fraction of sp³-hybridized carbons (Fsp3) is 0.700. The van der Waals surface area contributed by atoms with Gasteiger partial charge in [-0.3, -0.25) is 4.79 Å². The Labute approximate surface area is 84.3 Å². The third-order valence-electron chi connectivity index (χ3n) is 2.40. The molecule has 0 aliphatic carbocycles. The summed E-state index contributed by atoms with van der Waals surface area (Å²) >= 11 is 5.57. The van der Waals surface area contributed by atoms with Gasteiger partial charge < -0.3 is 5.32 Å². The second kappa shape index (κ2) is 5.28. The lowest BCUT2D eigenvalue weighted by molar-refractivity contribution is -0.124. The molecule has 74 valence electrons. The van der Waals surface area contributed by atoms with Gasteiger partial charge in [-0.05, 0) is 26.2 Å². The minimum atomic E-state index is 0.137. The average Bonchev–Trinajstić information content (AvgIpc) is 2.32. The number of nitrogens with one attached hydrogen (secondary N) is 1. The first-order valence-electron chi connectivity index (χ1n) is 4.77. The molecule has 0 aromatic rings. The minimum Gasteiger partial charge on any atom is -0.356 e. The maximum absolute atomic E-state index is 11.5. The summed E-state index contributed by atoms with van der Waals surface area (Å²) in [6.07, 6.45) is 4.04. The van der Waals surface area contributed by atoms with Gasteiger partial charge in [0.25, 0.3) is 0 Å². The molecule has 1 fully saturated rings. The molecule has 0 saturated carbocycles. The number of hydrogen-bond acceptors (Lipinski definition) is 1. The number of rotatable bonds is 2. The van der Waals surface area contributed by atoms with Crippen LogP contribution in [-0.4, -0.2) is 12.5 Å². The van der Waals surface area contributed by atoms with Gasteiger partial charge in [-0.1, -0.05) is 23.6 Å². The zero-order valence-corrected chi connectivity index (χ0v) is 8.73. The second-order valence-corrected chi connectivity index (χ2v) is 3.86. The largest absolute Gasteiger partial charge is 0.356 e. The van der Waals surface area contributed by atoms with E-state index in [0.29, 0.717) is 0 Å². The Morgan fingerprint density at radius 1 is 1.69 bits per heavy atom. The smallest absolute Gasteiger partial charge is 0.223 e. The summed E-state index contributed by atoms with van der Waals surface area (Å²) in [6, 6.07) is 0. The lowest BCUT2D eigenvalue weighted by Crippen LogP contribution is -2.28. The number of halogens is 1. The Morgan fingerprint density at radius 2 is 2.46 bits per heavy atom. The Morgan fingerprint density at radius 3 is 3.15 bits per heavy atom. The van der Waals surface area contributed by atoms with Crippen LogP contribution in [0.4, 0.5) is 0 Å². The zero-order chi connectivity index (χ0) is 9.68. The van der Waals surface area contributed by atoms with Crippen LogP contribution in [0.15, 0.2) is 11.1 Å². The van der Waals surface area contributed by atoms with E-state index in [-0.39, 0.29) is 11.8 Å². The van der Waals surface area contributed by atoms with Crippen molar-refractivity contribution in [2.45, 2.75) is 32.6 Å². The molecule has 1 amide bonds. The molecule has 1 heterocycles. The van der Waals surface area contributed by atoms with E-state index in [9.17, 15) is 4.79 Å². The summed E-state index contributed by atoms with van der Waals surface area (Å²) in [4.78, 5) is 11.5. The summed E-state index contributed by atoms with van der Waals surface area (Å²) in [5.41, 5.74) is 2.65. The lowest BCUT2D eigenvalue weighted by atomic mass is 9.96. The first kappa shape index (κ1) is 10.6. The Hall–Kier alpha value is -0.500. The van der Waals surface area contributed by atoms with E-state index in [4.69, 9.17) is 11.6 Å². The van der Waals surface area contributed by atoms with Crippen molar-refractivity contribution in [3.8, 4) is 0 Å². The Balaban J connectivity index is 2.50. The highest BCUT2D eigenvalue weighted by Crippen LogP contribution is 2.20. The molecule has 13 heavy (non-hydrogen) atoms. The standard InChI is InChI=1S/C10H16ClNO/c1-8(7-11)6-9-4-2-3-5-12-10(9)13/h7,9H,2-6H2,1H3,(H,12,13). The molecular formula is C10H16ClNO. The molecule has 1 aliphatic rings. The summed E-state index contributed by atoms with van der Waals surface area (Å²) < 4.78 is 0. The van der Waals surface area contributed by atoms with E-state index in [1.807, 2.05) is 6.92 Å². The average molecular weight is 202 g/mol. The summed E-state index contributed by atoms with van der Waals surface area (Å²) in [5, 5.41) is 2.91. The van der Waals surface area contributed by atoms with Gasteiger partial charge >= 0.3 is 0 Å². The number of allylic oxidation sites excluding steroid dienone is 1. The Bertz CT molecular complexity index is 213. The van der Waals surface area contributed by atoms with Crippen molar-refractivity contribution in [3.63, 3.8) is 0 Å². The summed E-state index contributed by atoms with van der Waals surface area (Å²) in [5.74, 6) is 0.327. The molecule has 1 rings (SSSR count). The van der Waals surface area contributed by atoms with Gasteiger partial charge in [0.1, 0.15) is 0 Å². The SMILES string of the molecule is CC(=CCl)CC1CCCCNC1=O. The van der Waals surface area contributed by atoms with Gasteiger partial charge in [0.05, 0.1) is 0 Å². The molecule has 1 saturated heterocycles. The summed E-state index contributed by atoms with van der Waals surface area (Å²) in [7, 11) is 0. The third-order valence-corrected chi connectivity index (χ3v) is 2.78. The number of carbonyl (C=O) groups is 1. The Kier molecular flexibility index (Phi) is 4.29. The van der Waals surface area contributed by atoms with Gasteiger partial charge in [-0.15, -0.1) is 0 Å². The van der Waals surface area contributed by atoms with E-state index in [0.717, 1.165) is 37.8 Å². The van der Waals surface area contributed by atoms with Crippen molar-refractivity contribution in [3.05, 3.63) is 11.1 Å². The number of hydrogen-bond donors (Lipinski definition) is 1. The molecule has 0 bridgehead atoms. The number of carbonyl (C=O) groups excluding carboxylic acids is 1. The summed E-state index contributed by atoms with van der Waals surface area (Å²) in [6.45, 7) is 2.80. The van der Waals surface area contributed by atoms with Gasteiger partial charge in [-0.25, -0.2) is 0 Å². The van der Waals surface area contributed by atoms with Gasteiger partial charge in [0, 0.05) is 18.0 Å². The van der Waals surface area contributed by atoms with Crippen LogP contribution >= 0.6 is 11.6 Å². The molecule has 1 aliphatic heterocycles. The topological polar surface area (TPSA) is 29.1 Å². The van der Waals surface area contributed by atoms with E-state index < -0.39 is 0 Å². The van der Waals surface area contributed by atoms with Crippen LogP contribution in [-0.2, 0) is 4.79 Å². The fourth-order valence-corrected chi connectivity index (χ4v) is 1.72. The highest BCUT2D eigenvalue weighted by molar-refractivity contribution is 6.25. The van der Waals surface area contributed by atoms with E-state index in [2.05, 4.69) is 5.32 Å². The highest BCUT2D eigenvalue weighted by atomic mass is 35.5. The normalized spacial score (nSPS) is 25.2. The van der Waals surface area contributed by atoms with Crippen molar-refractivity contribution < 1.29 is 4.79 Å². The molecular weight excluding hydrogens is 186 g/mol. The lowest BCUT2D eigenvalue weighted by Gasteiger charge is -2.12. The molecule has 1 atom stereocenters.